The van der Waals surface area contributed by atoms with Gasteiger partial charge < -0.3 is 0 Å². The minimum Gasteiger partial charge on any atom is -0.300 e. The molecule has 3 heteroatoms. The fourth-order valence-corrected chi connectivity index (χ4v) is 7.78. The first-order valence-corrected chi connectivity index (χ1v) is 10.9. The molecule has 1 aromatic heterocycles. The molecule has 0 aromatic carbocycles. The molecule has 2 unspecified atom stereocenters. The zero-order valence-corrected chi connectivity index (χ0v) is 16.9. The van der Waals surface area contributed by atoms with Gasteiger partial charge in [-0.25, -0.2) is 9.97 Å². The molecule has 5 rings (SSSR count). The fraction of sp³-hybridized carbons (Fsp3) is 0.708. The maximum Gasteiger partial charge on any atom is 0.155 e. The van der Waals surface area contributed by atoms with Crippen molar-refractivity contribution in [3.8, 4) is 0 Å². The Hall–Kier alpha value is -1.51. The molecule has 3 fully saturated rings. The summed E-state index contributed by atoms with van der Waals surface area (Å²) >= 11 is 0. The molecule has 4 aliphatic carbocycles. The van der Waals surface area contributed by atoms with E-state index < -0.39 is 0 Å². The van der Waals surface area contributed by atoms with Gasteiger partial charge in [0, 0.05) is 25.2 Å². The molecule has 3 saturated carbocycles. The van der Waals surface area contributed by atoms with Crippen molar-refractivity contribution in [2.45, 2.75) is 65.7 Å². The summed E-state index contributed by atoms with van der Waals surface area (Å²) < 4.78 is 0. The first-order chi connectivity index (χ1) is 12.9. The lowest BCUT2D eigenvalue weighted by Gasteiger charge is -2.62. The molecular formula is C24H32N2O. The van der Waals surface area contributed by atoms with Crippen LogP contribution in [0.4, 0.5) is 0 Å². The number of Topliss-reactive ketones (excluding diaryl/α,β-unsaturated/α-hetero) is 1. The Bertz CT molecular complexity index is 787. The summed E-state index contributed by atoms with van der Waals surface area (Å²) in [6, 6.07) is 1.91. The van der Waals surface area contributed by atoms with Crippen LogP contribution in [0.25, 0.3) is 5.57 Å². The van der Waals surface area contributed by atoms with Crippen molar-refractivity contribution in [1.29, 1.82) is 0 Å². The number of carbonyl (C=O) groups is 1. The summed E-state index contributed by atoms with van der Waals surface area (Å²) in [5.74, 6) is 5.04. The Labute approximate surface area is 163 Å². The highest BCUT2D eigenvalue weighted by Crippen LogP contribution is 2.68. The van der Waals surface area contributed by atoms with Gasteiger partial charge in [0.25, 0.3) is 0 Å². The standard InChI is InChI=1S/C24H32N2O/c1-15-13-16-14-17(27)7-9-23(16,2)19-8-10-24(3)18(21(15)19)5-6-20(24)22-25-11-4-12-26-22/h4,6,11-12,15-16,18-19,21H,5,7-10,13-14H2,1-3H3/t15?,16?,18-,19+,21-,23-,24-/m0/s1. The number of ketones is 1. The maximum absolute atomic E-state index is 12.1. The van der Waals surface area contributed by atoms with E-state index in [2.05, 4.69) is 36.8 Å². The van der Waals surface area contributed by atoms with Crippen LogP contribution in [0.2, 0.25) is 0 Å². The number of allylic oxidation sites excluding steroid dienone is 2. The van der Waals surface area contributed by atoms with E-state index in [1.165, 1.54) is 31.3 Å². The summed E-state index contributed by atoms with van der Waals surface area (Å²) in [7, 11) is 0. The second kappa shape index (κ2) is 5.99. The predicted octanol–water partition coefficient (Wildman–Crippen LogP) is 5.33. The minimum absolute atomic E-state index is 0.213. The highest BCUT2D eigenvalue weighted by Gasteiger charge is 2.60. The van der Waals surface area contributed by atoms with Gasteiger partial charge in [-0.2, -0.15) is 0 Å². The third kappa shape index (κ3) is 2.42. The van der Waals surface area contributed by atoms with Crippen LogP contribution >= 0.6 is 0 Å². The molecule has 27 heavy (non-hydrogen) atoms. The number of aromatic nitrogens is 2. The molecule has 0 saturated heterocycles. The average Bonchev–Trinajstić information content (AvgIpc) is 3.01. The van der Waals surface area contributed by atoms with Crippen molar-refractivity contribution in [1.82, 2.24) is 9.97 Å². The van der Waals surface area contributed by atoms with Crippen molar-refractivity contribution in [2.24, 2.45) is 40.4 Å². The number of rotatable bonds is 1. The van der Waals surface area contributed by atoms with E-state index in [9.17, 15) is 4.79 Å². The van der Waals surface area contributed by atoms with Crippen molar-refractivity contribution >= 4 is 11.4 Å². The highest BCUT2D eigenvalue weighted by atomic mass is 16.1. The second-order valence-corrected chi connectivity index (χ2v) is 10.3. The van der Waals surface area contributed by atoms with Gasteiger partial charge in [-0.1, -0.05) is 26.8 Å². The molecule has 0 spiro atoms. The lowest BCUT2D eigenvalue weighted by Crippen LogP contribution is -2.55. The number of carbonyl (C=O) groups excluding carboxylic acids is 1. The van der Waals surface area contributed by atoms with Gasteiger partial charge >= 0.3 is 0 Å². The summed E-state index contributed by atoms with van der Waals surface area (Å²) in [4.78, 5) is 21.3. The molecule has 0 amide bonds. The molecular weight excluding hydrogens is 332 g/mol. The zero-order valence-electron chi connectivity index (χ0n) is 16.9. The van der Waals surface area contributed by atoms with E-state index in [0.717, 1.165) is 36.9 Å². The highest BCUT2D eigenvalue weighted by molar-refractivity contribution is 5.79. The SMILES string of the molecule is CC1CC2CC(=O)CC[C@]2(C)[C@@H]2CC[C@]3(C)C(c4ncccn4)=CC[C@H]3[C@H]12. The Morgan fingerprint density at radius 3 is 2.67 bits per heavy atom. The van der Waals surface area contributed by atoms with Crippen molar-refractivity contribution in [2.75, 3.05) is 0 Å². The zero-order chi connectivity index (χ0) is 18.8. The third-order valence-electron chi connectivity index (χ3n) is 9.23. The maximum atomic E-state index is 12.1. The van der Waals surface area contributed by atoms with Crippen LogP contribution in [-0.2, 0) is 4.79 Å². The molecule has 0 radical (unpaired) electrons. The topological polar surface area (TPSA) is 42.9 Å². The molecule has 3 nitrogen and oxygen atoms in total. The monoisotopic (exact) mass is 364 g/mol. The van der Waals surface area contributed by atoms with Crippen LogP contribution < -0.4 is 0 Å². The normalized spacial score (nSPS) is 46.3. The first-order valence-electron chi connectivity index (χ1n) is 10.9. The van der Waals surface area contributed by atoms with E-state index in [1.807, 2.05) is 18.5 Å². The Balaban J connectivity index is 1.49. The molecule has 1 heterocycles. The van der Waals surface area contributed by atoms with Gasteiger partial charge in [-0.05, 0) is 84.2 Å². The number of hydrogen-bond donors (Lipinski definition) is 0. The summed E-state index contributed by atoms with van der Waals surface area (Å²) in [5, 5.41) is 0. The molecule has 7 atom stereocenters. The van der Waals surface area contributed by atoms with Crippen LogP contribution in [0.5, 0.6) is 0 Å². The van der Waals surface area contributed by atoms with Crippen molar-refractivity contribution in [3.05, 3.63) is 30.4 Å². The predicted molar refractivity (Wildman–Crippen MR) is 107 cm³/mol. The van der Waals surface area contributed by atoms with Crippen LogP contribution in [-0.4, -0.2) is 15.8 Å². The lowest BCUT2D eigenvalue weighted by atomic mass is 9.42. The van der Waals surface area contributed by atoms with E-state index in [4.69, 9.17) is 0 Å². The summed E-state index contributed by atoms with van der Waals surface area (Å²) in [6.45, 7) is 7.48. The average molecular weight is 365 g/mol. The molecule has 0 N–H and O–H groups in total. The van der Waals surface area contributed by atoms with Gasteiger partial charge in [0.1, 0.15) is 5.78 Å². The smallest absolute Gasteiger partial charge is 0.155 e. The molecule has 4 aliphatic rings. The van der Waals surface area contributed by atoms with Gasteiger partial charge in [0.05, 0.1) is 0 Å². The Kier molecular flexibility index (Phi) is 3.90. The molecule has 0 aliphatic heterocycles. The van der Waals surface area contributed by atoms with Crippen LogP contribution in [0.1, 0.15) is 71.5 Å². The second-order valence-electron chi connectivity index (χ2n) is 10.3. The number of hydrogen-bond acceptors (Lipinski definition) is 3. The van der Waals surface area contributed by atoms with Crippen molar-refractivity contribution in [3.63, 3.8) is 0 Å². The lowest BCUT2D eigenvalue weighted by molar-refractivity contribution is -0.144. The van der Waals surface area contributed by atoms with Crippen LogP contribution in [0.15, 0.2) is 24.5 Å². The van der Waals surface area contributed by atoms with Gasteiger partial charge in [0.15, 0.2) is 5.82 Å². The quantitative estimate of drug-likeness (QED) is 0.676. The first kappa shape index (κ1) is 17.6. The number of fused-ring (bicyclic) bond motifs is 5. The van der Waals surface area contributed by atoms with Crippen LogP contribution in [0.3, 0.4) is 0 Å². The van der Waals surface area contributed by atoms with Crippen molar-refractivity contribution < 1.29 is 4.79 Å². The molecule has 1 aromatic rings. The third-order valence-corrected chi connectivity index (χ3v) is 9.23. The fourth-order valence-electron chi connectivity index (χ4n) is 7.78. The van der Waals surface area contributed by atoms with E-state index in [-0.39, 0.29) is 5.41 Å². The number of nitrogens with zero attached hydrogens (tertiary/aromatic N) is 2. The van der Waals surface area contributed by atoms with Gasteiger partial charge in [0.2, 0.25) is 0 Å². The van der Waals surface area contributed by atoms with E-state index >= 15 is 0 Å². The molecule has 0 bridgehead atoms. The summed E-state index contributed by atoms with van der Waals surface area (Å²) in [5.41, 5.74) is 1.98. The van der Waals surface area contributed by atoms with Gasteiger partial charge in [-0.15, -0.1) is 0 Å². The molecule has 144 valence electrons. The van der Waals surface area contributed by atoms with Crippen LogP contribution in [0, 0.1) is 40.4 Å². The van der Waals surface area contributed by atoms with E-state index in [1.54, 1.807) is 0 Å². The summed E-state index contributed by atoms with van der Waals surface area (Å²) in [6.07, 6.45) is 13.9. The largest absolute Gasteiger partial charge is 0.300 e. The Morgan fingerprint density at radius 1 is 1.11 bits per heavy atom. The minimum atomic E-state index is 0.213. The van der Waals surface area contributed by atoms with Gasteiger partial charge in [-0.3, -0.25) is 4.79 Å². The Morgan fingerprint density at radius 2 is 1.89 bits per heavy atom. The van der Waals surface area contributed by atoms with E-state index in [0.29, 0.717) is 29.0 Å².